The SMILES string of the molecule is CC1(C)C(Nc2ccc3nnc(C(F)(F)F)n3n2)C1(C)C. The van der Waals surface area contributed by atoms with Crippen LogP contribution in [0.15, 0.2) is 12.1 Å². The minimum absolute atomic E-state index is 0.0592. The van der Waals surface area contributed by atoms with Gasteiger partial charge in [-0.05, 0) is 23.0 Å². The predicted molar refractivity (Wildman–Crippen MR) is 70.8 cm³/mol. The van der Waals surface area contributed by atoms with Gasteiger partial charge in [0.1, 0.15) is 5.82 Å². The number of fused-ring (bicyclic) bond motifs is 1. The molecule has 21 heavy (non-hydrogen) atoms. The van der Waals surface area contributed by atoms with Gasteiger partial charge >= 0.3 is 6.18 Å². The molecule has 3 rings (SSSR count). The van der Waals surface area contributed by atoms with Gasteiger partial charge in [0.15, 0.2) is 5.65 Å². The van der Waals surface area contributed by atoms with Crippen molar-refractivity contribution in [1.82, 2.24) is 19.8 Å². The highest BCUT2D eigenvalue weighted by Gasteiger charge is 2.65. The van der Waals surface area contributed by atoms with Crippen LogP contribution in [-0.2, 0) is 6.18 Å². The van der Waals surface area contributed by atoms with E-state index in [2.05, 4.69) is 48.3 Å². The Bertz CT molecular complexity index is 687. The van der Waals surface area contributed by atoms with E-state index in [1.54, 1.807) is 6.07 Å². The molecule has 1 aliphatic rings. The number of halogens is 3. The lowest BCUT2D eigenvalue weighted by Gasteiger charge is -2.08. The van der Waals surface area contributed by atoms with E-state index < -0.39 is 12.0 Å². The molecule has 114 valence electrons. The van der Waals surface area contributed by atoms with Crippen LogP contribution in [0.25, 0.3) is 5.65 Å². The Morgan fingerprint density at radius 2 is 1.71 bits per heavy atom. The van der Waals surface area contributed by atoms with Crippen molar-refractivity contribution in [3.05, 3.63) is 18.0 Å². The summed E-state index contributed by atoms with van der Waals surface area (Å²) in [7, 11) is 0. The second-order valence-electron chi connectivity index (χ2n) is 6.53. The van der Waals surface area contributed by atoms with Crippen LogP contribution >= 0.6 is 0 Å². The molecular formula is C13H16F3N5. The molecule has 1 N–H and O–H groups in total. The van der Waals surface area contributed by atoms with Gasteiger partial charge in [-0.1, -0.05) is 27.7 Å². The first-order valence-corrected chi connectivity index (χ1v) is 6.61. The molecule has 0 aromatic carbocycles. The summed E-state index contributed by atoms with van der Waals surface area (Å²) in [5.41, 5.74) is 0.190. The largest absolute Gasteiger partial charge is 0.453 e. The van der Waals surface area contributed by atoms with Gasteiger partial charge < -0.3 is 5.32 Å². The van der Waals surface area contributed by atoms with Crippen LogP contribution in [-0.4, -0.2) is 25.9 Å². The Balaban J connectivity index is 1.95. The third-order valence-electron chi connectivity index (χ3n) is 4.83. The Morgan fingerprint density at radius 1 is 1.10 bits per heavy atom. The molecular weight excluding hydrogens is 283 g/mol. The lowest BCUT2D eigenvalue weighted by atomic mass is 10.0. The van der Waals surface area contributed by atoms with Crippen molar-refractivity contribution >= 4 is 11.5 Å². The zero-order valence-electron chi connectivity index (χ0n) is 12.2. The van der Waals surface area contributed by atoms with E-state index in [4.69, 9.17) is 0 Å². The number of nitrogens with one attached hydrogen (secondary N) is 1. The average Bonchev–Trinajstić information content (AvgIpc) is 2.70. The summed E-state index contributed by atoms with van der Waals surface area (Å²) in [6.07, 6.45) is -4.58. The molecule has 0 radical (unpaired) electrons. The van der Waals surface area contributed by atoms with E-state index in [9.17, 15) is 13.2 Å². The maximum atomic E-state index is 12.8. The third kappa shape index (κ3) is 1.96. The fraction of sp³-hybridized carbons (Fsp3) is 0.615. The van der Waals surface area contributed by atoms with Crippen molar-refractivity contribution in [2.75, 3.05) is 5.32 Å². The highest BCUT2D eigenvalue weighted by molar-refractivity contribution is 5.47. The standard InChI is InChI=1S/C13H16F3N5/c1-11(2)9(12(11,3)4)17-7-5-6-8-18-19-10(13(14,15)16)21(8)20-7/h5-6,9H,1-4H3,(H,17,20). The minimum atomic E-state index is -4.58. The number of alkyl halides is 3. The average molecular weight is 299 g/mol. The Kier molecular flexibility index (Phi) is 2.59. The topological polar surface area (TPSA) is 55.1 Å². The molecule has 2 aromatic rings. The van der Waals surface area contributed by atoms with Gasteiger partial charge in [0, 0.05) is 6.04 Å². The molecule has 0 atom stereocenters. The van der Waals surface area contributed by atoms with Gasteiger partial charge in [-0.3, -0.25) is 0 Å². The highest BCUT2D eigenvalue weighted by atomic mass is 19.4. The highest BCUT2D eigenvalue weighted by Crippen LogP contribution is 2.63. The van der Waals surface area contributed by atoms with E-state index in [-0.39, 0.29) is 22.5 Å². The number of rotatable bonds is 2. The van der Waals surface area contributed by atoms with Gasteiger partial charge in [-0.15, -0.1) is 15.3 Å². The second-order valence-corrected chi connectivity index (χ2v) is 6.53. The summed E-state index contributed by atoms with van der Waals surface area (Å²) < 4.78 is 39.2. The van der Waals surface area contributed by atoms with Crippen molar-refractivity contribution in [3.8, 4) is 0 Å². The number of nitrogens with zero attached hydrogens (tertiary/aromatic N) is 4. The molecule has 0 unspecified atom stereocenters. The maximum Gasteiger partial charge on any atom is 0.453 e. The first-order chi connectivity index (χ1) is 9.55. The molecule has 1 saturated carbocycles. The fourth-order valence-corrected chi connectivity index (χ4v) is 2.75. The van der Waals surface area contributed by atoms with Crippen LogP contribution in [0.1, 0.15) is 33.5 Å². The smallest absolute Gasteiger partial charge is 0.365 e. The first kappa shape index (κ1) is 14.1. The Hall–Kier alpha value is -1.86. The van der Waals surface area contributed by atoms with Crippen LogP contribution in [0.2, 0.25) is 0 Å². The lowest BCUT2D eigenvalue weighted by Crippen LogP contribution is -2.15. The van der Waals surface area contributed by atoms with Crippen molar-refractivity contribution in [1.29, 1.82) is 0 Å². The molecule has 0 bridgehead atoms. The molecule has 1 aliphatic carbocycles. The Labute approximate surface area is 119 Å². The quantitative estimate of drug-likeness (QED) is 0.926. The Morgan fingerprint density at radius 3 is 2.24 bits per heavy atom. The van der Waals surface area contributed by atoms with E-state index in [1.807, 2.05) is 0 Å². The van der Waals surface area contributed by atoms with Gasteiger partial charge in [0.05, 0.1) is 0 Å². The van der Waals surface area contributed by atoms with Crippen LogP contribution in [0, 0.1) is 10.8 Å². The van der Waals surface area contributed by atoms with Gasteiger partial charge in [0.25, 0.3) is 5.82 Å². The number of anilines is 1. The molecule has 2 heterocycles. The van der Waals surface area contributed by atoms with Crippen LogP contribution < -0.4 is 5.32 Å². The van der Waals surface area contributed by atoms with E-state index in [1.165, 1.54) is 6.07 Å². The number of hydrogen-bond acceptors (Lipinski definition) is 4. The van der Waals surface area contributed by atoms with Crippen LogP contribution in [0.3, 0.4) is 0 Å². The minimum Gasteiger partial charge on any atom is -0.365 e. The van der Waals surface area contributed by atoms with Gasteiger partial charge in [-0.25, -0.2) is 0 Å². The summed E-state index contributed by atoms with van der Waals surface area (Å²) in [6, 6.07) is 3.25. The van der Waals surface area contributed by atoms with Gasteiger partial charge in [0.2, 0.25) is 0 Å². The predicted octanol–water partition coefficient (Wildman–Crippen LogP) is 2.99. The van der Waals surface area contributed by atoms with Crippen LogP contribution in [0.5, 0.6) is 0 Å². The van der Waals surface area contributed by atoms with Crippen molar-refractivity contribution < 1.29 is 13.2 Å². The third-order valence-corrected chi connectivity index (χ3v) is 4.83. The van der Waals surface area contributed by atoms with Crippen molar-refractivity contribution in [2.24, 2.45) is 10.8 Å². The molecule has 2 aromatic heterocycles. The molecule has 0 aliphatic heterocycles. The molecule has 1 fully saturated rings. The molecule has 0 spiro atoms. The molecule has 0 saturated heterocycles. The monoisotopic (exact) mass is 299 g/mol. The van der Waals surface area contributed by atoms with Crippen molar-refractivity contribution in [3.63, 3.8) is 0 Å². The van der Waals surface area contributed by atoms with E-state index in [0.29, 0.717) is 5.82 Å². The molecule has 5 nitrogen and oxygen atoms in total. The summed E-state index contributed by atoms with van der Waals surface area (Å²) in [4.78, 5) is 0. The number of aromatic nitrogens is 4. The van der Waals surface area contributed by atoms with Crippen molar-refractivity contribution in [2.45, 2.75) is 39.9 Å². The summed E-state index contributed by atoms with van der Waals surface area (Å²) >= 11 is 0. The van der Waals surface area contributed by atoms with E-state index in [0.717, 1.165) is 4.52 Å². The zero-order chi connectivity index (χ0) is 15.6. The first-order valence-electron chi connectivity index (χ1n) is 6.61. The lowest BCUT2D eigenvalue weighted by molar-refractivity contribution is -0.146. The number of hydrogen-bond donors (Lipinski definition) is 1. The van der Waals surface area contributed by atoms with Gasteiger partial charge in [-0.2, -0.15) is 17.7 Å². The maximum absolute atomic E-state index is 12.8. The molecule has 8 heteroatoms. The summed E-state index contributed by atoms with van der Waals surface area (Å²) in [5.74, 6) is -0.730. The summed E-state index contributed by atoms with van der Waals surface area (Å²) in [5, 5.41) is 13.8. The second kappa shape index (κ2) is 3.86. The summed E-state index contributed by atoms with van der Waals surface area (Å²) in [6.45, 7) is 8.46. The zero-order valence-corrected chi connectivity index (χ0v) is 12.2. The molecule has 0 amide bonds. The fourth-order valence-electron chi connectivity index (χ4n) is 2.75. The van der Waals surface area contributed by atoms with Crippen LogP contribution in [0.4, 0.5) is 19.0 Å². The van der Waals surface area contributed by atoms with E-state index >= 15 is 0 Å². The normalized spacial score (nSPS) is 20.7.